The lowest BCUT2D eigenvalue weighted by atomic mass is 10.0. The minimum Gasteiger partial charge on any atom is -0.380 e. The lowest BCUT2D eigenvalue weighted by molar-refractivity contribution is 0.0950. The van der Waals surface area contributed by atoms with E-state index < -0.39 is 0 Å². The van der Waals surface area contributed by atoms with Gasteiger partial charge in [-0.05, 0) is 30.2 Å². The van der Waals surface area contributed by atoms with Crippen LogP contribution in [0.3, 0.4) is 0 Å². The molecule has 0 spiro atoms. The summed E-state index contributed by atoms with van der Waals surface area (Å²) >= 11 is 5.81. The molecule has 1 amide bonds. The first-order chi connectivity index (χ1) is 10.6. The zero-order chi connectivity index (χ0) is 15.9. The van der Waals surface area contributed by atoms with Crippen LogP contribution in [-0.2, 0) is 0 Å². The van der Waals surface area contributed by atoms with E-state index in [1.165, 1.54) is 6.20 Å². The summed E-state index contributed by atoms with van der Waals surface area (Å²) in [6.45, 7) is 4.78. The molecule has 1 aromatic carbocycles. The molecule has 0 bridgehead atoms. The number of carbonyl (C=O) groups is 1. The molecule has 0 saturated heterocycles. The van der Waals surface area contributed by atoms with Crippen LogP contribution in [-0.4, -0.2) is 23.5 Å². The molecule has 0 aliphatic heterocycles. The fraction of sp³-hybridized carbons (Fsp3) is 0.294. The SMILES string of the molecule is CC(C)[C@H](CNC(=O)c1ccnc(Cl)c1)Nc1ccccc1. The highest BCUT2D eigenvalue weighted by atomic mass is 35.5. The highest BCUT2D eigenvalue weighted by Gasteiger charge is 2.15. The summed E-state index contributed by atoms with van der Waals surface area (Å²) in [4.78, 5) is 16.0. The average Bonchev–Trinajstić information content (AvgIpc) is 2.51. The number of para-hydroxylation sites is 1. The minimum atomic E-state index is -0.148. The molecule has 0 aliphatic rings. The van der Waals surface area contributed by atoms with Crippen molar-refractivity contribution in [3.63, 3.8) is 0 Å². The molecule has 2 rings (SSSR count). The summed E-state index contributed by atoms with van der Waals surface area (Å²) in [6.07, 6.45) is 1.53. The van der Waals surface area contributed by atoms with Gasteiger partial charge in [0.05, 0.1) is 0 Å². The standard InChI is InChI=1S/C17H20ClN3O/c1-12(2)15(21-14-6-4-3-5-7-14)11-20-17(22)13-8-9-19-16(18)10-13/h3-10,12,15,21H,11H2,1-2H3,(H,20,22)/t15-/m0/s1. The van der Waals surface area contributed by atoms with E-state index in [1.807, 2.05) is 30.3 Å². The second-order valence-electron chi connectivity index (χ2n) is 5.44. The molecule has 1 heterocycles. The average molecular weight is 318 g/mol. The van der Waals surface area contributed by atoms with Gasteiger partial charge >= 0.3 is 0 Å². The number of amides is 1. The fourth-order valence-corrected chi connectivity index (χ4v) is 2.22. The lowest BCUT2D eigenvalue weighted by Crippen LogP contribution is -2.39. The summed E-state index contributed by atoms with van der Waals surface area (Å²) in [5.41, 5.74) is 1.56. The third-order valence-electron chi connectivity index (χ3n) is 3.40. The van der Waals surface area contributed by atoms with E-state index in [9.17, 15) is 4.79 Å². The van der Waals surface area contributed by atoms with E-state index in [2.05, 4.69) is 29.5 Å². The van der Waals surface area contributed by atoms with Crippen molar-refractivity contribution in [2.45, 2.75) is 19.9 Å². The first-order valence-corrected chi connectivity index (χ1v) is 7.65. The van der Waals surface area contributed by atoms with E-state index >= 15 is 0 Å². The van der Waals surface area contributed by atoms with Gasteiger partial charge in [-0.2, -0.15) is 0 Å². The molecule has 0 unspecified atom stereocenters. The van der Waals surface area contributed by atoms with Crippen molar-refractivity contribution in [3.8, 4) is 0 Å². The quantitative estimate of drug-likeness (QED) is 0.800. The maximum atomic E-state index is 12.2. The molecular formula is C17H20ClN3O. The summed E-state index contributed by atoms with van der Waals surface area (Å²) in [5, 5.41) is 6.70. The maximum Gasteiger partial charge on any atom is 0.251 e. The van der Waals surface area contributed by atoms with Gasteiger partial charge in [-0.1, -0.05) is 43.6 Å². The summed E-state index contributed by atoms with van der Waals surface area (Å²) in [7, 11) is 0. The third-order valence-corrected chi connectivity index (χ3v) is 3.61. The van der Waals surface area contributed by atoms with Crippen molar-refractivity contribution in [1.82, 2.24) is 10.3 Å². The van der Waals surface area contributed by atoms with Crippen molar-refractivity contribution in [3.05, 3.63) is 59.4 Å². The van der Waals surface area contributed by atoms with Gasteiger partial charge in [-0.25, -0.2) is 4.98 Å². The fourth-order valence-electron chi connectivity index (χ4n) is 2.05. The number of halogens is 1. The molecule has 0 saturated carbocycles. The molecular weight excluding hydrogens is 298 g/mol. The number of nitrogens with one attached hydrogen (secondary N) is 2. The number of rotatable bonds is 6. The topological polar surface area (TPSA) is 54.0 Å². The number of aromatic nitrogens is 1. The Morgan fingerprint density at radius 2 is 1.95 bits per heavy atom. The third kappa shape index (κ3) is 4.74. The van der Waals surface area contributed by atoms with Crippen molar-refractivity contribution in [2.24, 2.45) is 5.92 Å². The molecule has 0 radical (unpaired) electrons. The molecule has 1 atom stereocenters. The Morgan fingerprint density at radius 1 is 1.23 bits per heavy atom. The van der Waals surface area contributed by atoms with Gasteiger partial charge in [0.2, 0.25) is 0 Å². The van der Waals surface area contributed by atoms with Crippen LogP contribution in [0.25, 0.3) is 0 Å². The Kier molecular flexibility index (Phi) is 5.78. The zero-order valence-electron chi connectivity index (χ0n) is 12.7. The Balaban J connectivity index is 1.96. The summed E-state index contributed by atoms with van der Waals surface area (Å²) in [5.74, 6) is 0.228. The lowest BCUT2D eigenvalue weighted by Gasteiger charge is -2.24. The van der Waals surface area contributed by atoms with Crippen LogP contribution in [0.15, 0.2) is 48.7 Å². The molecule has 116 valence electrons. The molecule has 22 heavy (non-hydrogen) atoms. The van der Waals surface area contributed by atoms with Crippen LogP contribution in [0, 0.1) is 5.92 Å². The largest absolute Gasteiger partial charge is 0.380 e. The minimum absolute atomic E-state index is 0.142. The van der Waals surface area contributed by atoms with Gasteiger partial charge in [0.1, 0.15) is 5.15 Å². The van der Waals surface area contributed by atoms with Crippen LogP contribution in [0.4, 0.5) is 5.69 Å². The van der Waals surface area contributed by atoms with Gasteiger partial charge in [-0.15, -0.1) is 0 Å². The molecule has 1 aromatic heterocycles. The number of hydrogen-bond acceptors (Lipinski definition) is 3. The van der Waals surface area contributed by atoms with Crippen LogP contribution in [0.1, 0.15) is 24.2 Å². The van der Waals surface area contributed by atoms with E-state index in [-0.39, 0.29) is 11.9 Å². The number of benzene rings is 1. The molecule has 0 aliphatic carbocycles. The number of hydrogen-bond donors (Lipinski definition) is 2. The second-order valence-corrected chi connectivity index (χ2v) is 5.83. The van der Waals surface area contributed by atoms with Crippen molar-refractivity contribution in [1.29, 1.82) is 0 Å². The predicted molar refractivity (Wildman–Crippen MR) is 90.3 cm³/mol. The smallest absolute Gasteiger partial charge is 0.251 e. The molecule has 5 heteroatoms. The molecule has 4 nitrogen and oxygen atoms in total. The van der Waals surface area contributed by atoms with Crippen LogP contribution >= 0.6 is 11.6 Å². The first kappa shape index (κ1) is 16.3. The van der Waals surface area contributed by atoms with E-state index in [0.717, 1.165) is 5.69 Å². The van der Waals surface area contributed by atoms with Gasteiger partial charge in [-0.3, -0.25) is 4.79 Å². The monoisotopic (exact) mass is 317 g/mol. The summed E-state index contributed by atoms with van der Waals surface area (Å²) in [6, 6.07) is 13.3. The van der Waals surface area contributed by atoms with Gasteiger partial charge < -0.3 is 10.6 Å². The zero-order valence-corrected chi connectivity index (χ0v) is 13.5. The van der Waals surface area contributed by atoms with Crippen LogP contribution in [0.2, 0.25) is 5.15 Å². The number of anilines is 1. The van der Waals surface area contributed by atoms with Crippen molar-refractivity contribution < 1.29 is 4.79 Å². The van der Waals surface area contributed by atoms with Crippen LogP contribution < -0.4 is 10.6 Å². The Hall–Kier alpha value is -2.07. The highest BCUT2D eigenvalue weighted by Crippen LogP contribution is 2.12. The maximum absolute atomic E-state index is 12.2. The van der Waals surface area contributed by atoms with E-state index in [1.54, 1.807) is 12.1 Å². The van der Waals surface area contributed by atoms with Gasteiger partial charge in [0.25, 0.3) is 5.91 Å². The van der Waals surface area contributed by atoms with Crippen molar-refractivity contribution >= 4 is 23.2 Å². The molecule has 2 aromatic rings. The molecule has 0 fully saturated rings. The highest BCUT2D eigenvalue weighted by molar-refractivity contribution is 6.29. The number of nitrogens with zero attached hydrogens (tertiary/aromatic N) is 1. The first-order valence-electron chi connectivity index (χ1n) is 7.27. The van der Waals surface area contributed by atoms with Crippen LogP contribution in [0.5, 0.6) is 0 Å². The number of pyridine rings is 1. The number of carbonyl (C=O) groups excluding carboxylic acids is 1. The molecule has 2 N–H and O–H groups in total. The van der Waals surface area contributed by atoms with Gasteiger partial charge in [0.15, 0.2) is 0 Å². The van der Waals surface area contributed by atoms with Gasteiger partial charge in [0, 0.05) is 30.0 Å². The van der Waals surface area contributed by atoms with E-state index in [4.69, 9.17) is 11.6 Å². The summed E-state index contributed by atoms with van der Waals surface area (Å²) < 4.78 is 0. The normalized spacial score (nSPS) is 12.0. The second kappa shape index (κ2) is 7.80. The predicted octanol–water partition coefficient (Wildman–Crippen LogP) is 3.60. The Morgan fingerprint density at radius 3 is 2.59 bits per heavy atom. The van der Waals surface area contributed by atoms with E-state index in [0.29, 0.717) is 23.2 Å². The van der Waals surface area contributed by atoms with Crippen molar-refractivity contribution in [2.75, 3.05) is 11.9 Å². The Bertz CT molecular complexity index is 616. The Labute approximate surface area is 135 Å².